The predicted octanol–water partition coefficient (Wildman–Crippen LogP) is 4.70. The lowest BCUT2D eigenvalue weighted by Gasteiger charge is -2.25. The summed E-state index contributed by atoms with van der Waals surface area (Å²) < 4.78 is 5.73. The second-order valence-electron chi connectivity index (χ2n) is 7.67. The number of anilines is 1. The Kier molecular flexibility index (Phi) is 6.06. The first-order valence-corrected chi connectivity index (χ1v) is 10.4. The third-order valence-electron chi connectivity index (χ3n) is 5.27. The van der Waals surface area contributed by atoms with Gasteiger partial charge in [0.05, 0.1) is 12.6 Å². The summed E-state index contributed by atoms with van der Waals surface area (Å²) in [6.45, 7) is 3.30. The molecule has 1 aliphatic heterocycles. The van der Waals surface area contributed by atoms with Crippen LogP contribution >= 0.6 is 11.6 Å². The molecular formula is C23H24ClN3O3. The summed E-state index contributed by atoms with van der Waals surface area (Å²) in [7, 11) is 0. The van der Waals surface area contributed by atoms with Crippen molar-refractivity contribution in [3.63, 3.8) is 0 Å². The molecule has 2 amide bonds. The van der Waals surface area contributed by atoms with Gasteiger partial charge in [-0.1, -0.05) is 23.7 Å². The molecule has 7 heteroatoms. The molecule has 0 spiro atoms. The lowest BCUT2D eigenvalue weighted by Crippen LogP contribution is -2.40. The van der Waals surface area contributed by atoms with Gasteiger partial charge in [0.25, 0.3) is 5.56 Å². The molecule has 6 nitrogen and oxygen atoms in total. The van der Waals surface area contributed by atoms with Gasteiger partial charge in [0.1, 0.15) is 0 Å². The molecule has 1 atom stereocenters. The molecule has 1 aliphatic rings. The molecular weight excluding hydrogens is 402 g/mol. The van der Waals surface area contributed by atoms with Crippen LogP contribution in [0.25, 0.3) is 10.9 Å². The minimum Gasteiger partial charge on any atom is -0.376 e. The highest BCUT2D eigenvalue weighted by atomic mass is 35.5. The van der Waals surface area contributed by atoms with Crippen molar-refractivity contribution < 1.29 is 9.53 Å². The van der Waals surface area contributed by atoms with Crippen LogP contribution in [0.2, 0.25) is 5.02 Å². The molecule has 0 aliphatic carbocycles. The van der Waals surface area contributed by atoms with E-state index in [0.717, 1.165) is 29.3 Å². The Balaban J connectivity index is 1.58. The van der Waals surface area contributed by atoms with Gasteiger partial charge in [-0.3, -0.25) is 4.79 Å². The maximum atomic E-state index is 13.0. The van der Waals surface area contributed by atoms with Crippen molar-refractivity contribution in [2.75, 3.05) is 18.5 Å². The lowest BCUT2D eigenvalue weighted by molar-refractivity contribution is 0.0818. The molecule has 2 heterocycles. The highest BCUT2D eigenvalue weighted by molar-refractivity contribution is 6.30. The molecule has 1 saturated heterocycles. The number of carbonyl (C=O) groups is 1. The summed E-state index contributed by atoms with van der Waals surface area (Å²) in [6, 6.07) is 14.4. The standard InChI is InChI=1S/C23H24ClN3O3/c1-15-4-5-16-12-17(22(28)26-21(16)11-15)13-27(14-20-3-2-10-30-20)23(29)25-19-8-6-18(24)7-9-19/h4-9,11-12,20H,2-3,10,13-14H2,1H3,(H,25,29)(H,26,28)/t20-/m0/s1. The number of hydrogen-bond acceptors (Lipinski definition) is 3. The van der Waals surface area contributed by atoms with Crippen molar-refractivity contribution >= 4 is 34.2 Å². The molecule has 0 unspecified atom stereocenters. The van der Waals surface area contributed by atoms with E-state index in [-0.39, 0.29) is 24.2 Å². The van der Waals surface area contributed by atoms with Crippen molar-refractivity contribution in [3.8, 4) is 0 Å². The predicted molar refractivity (Wildman–Crippen MR) is 119 cm³/mol. The number of carbonyl (C=O) groups excluding carboxylic acids is 1. The second-order valence-corrected chi connectivity index (χ2v) is 8.10. The number of benzene rings is 2. The number of nitrogens with one attached hydrogen (secondary N) is 2. The Morgan fingerprint density at radius 1 is 1.23 bits per heavy atom. The number of pyridine rings is 1. The molecule has 3 aromatic rings. The third-order valence-corrected chi connectivity index (χ3v) is 5.52. The van der Waals surface area contributed by atoms with Gasteiger partial charge in [-0.2, -0.15) is 0 Å². The number of rotatable bonds is 5. The average Bonchev–Trinajstić information content (AvgIpc) is 3.23. The highest BCUT2D eigenvalue weighted by Crippen LogP contribution is 2.19. The molecule has 4 rings (SSSR count). The van der Waals surface area contributed by atoms with Gasteiger partial charge >= 0.3 is 6.03 Å². The van der Waals surface area contributed by atoms with E-state index < -0.39 is 0 Å². The van der Waals surface area contributed by atoms with Crippen LogP contribution in [0.1, 0.15) is 24.0 Å². The summed E-state index contributed by atoms with van der Waals surface area (Å²) in [5.41, 5.74) is 2.86. The Morgan fingerprint density at radius 3 is 2.77 bits per heavy atom. The van der Waals surface area contributed by atoms with Crippen LogP contribution in [-0.4, -0.2) is 35.2 Å². The number of amides is 2. The molecule has 0 bridgehead atoms. The van der Waals surface area contributed by atoms with E-state index in [1.54, 1.807) is 29.2 Å². The number of urea groups is 1. The van der Waals surface area contributed by atoms with Gasteiger partial charge in [-0.25, -0.2) is 4.79 Å². The fraction of sp³-hybridized carbons (Fsp3) is 0.304. The number of fused-ring (bicyclic) bond motifs is 1. The van der Waals surface area contributed by atoms with Crippen LogP contribution in [0.15, 0.2) is 53.3 Å². The van der Waals surface area contributed by atoms with Crippen LogP contribution in [0, 0.1) is 6.92 Å². The van der Waals surface area contributed by atoms with Crippen LogP contribution in [0.3, 0.4) is 0 Å². The van der Waals surface area contributed by atoms with Gasteiger partial charge < -0.3 is 19.9 Å². The number of aryl methyl sites for hydroxylation is 1. The normalized spacial score (nSPS) is 16.0. The van der Waals surface area contributed by atoms with E-state index in [4.69, 9.17) is 16.3 Å². The summed E-state index contributed by atoms with van der Waals surface area (Å²) in [6.07, 6.45) is 1.86. The number of halogens is 1. The zero-order valence-corrected chi connectivity index (χ0v) is 17.5. The van der Waals surface area contributed by atoms with Gasteiger partial charge in [-0.15, -0.1) is 0 Å². The zero-order valence-electron chi connectivity index (χ0n) is 16.8. The van der Waals surface area contributed by atoms with E-state index in [1.807, 2.05) is 31.2 Å². The van der Waals surface area contributed by atoms with Crippen LogP contribution < -0.4 is 10.9 Å². The third kappa shape index (κ3) is 4.83. The Labute approximate surface area is 179 Å². The number of H-pyrrole nitrogens is 1. The lowest BCUT2D eigenvalue weighted by atomic mass is 10.1. The Morgan fingerprint density at radius 2 is 2.03 bits per heavy atom. The molecule has 1 fully saturated rings. The van der Waals surface area contributed by atoms with Gasteiger partial charge in [0.15, 0.2) is 0 Å². The minimum atomic E-state index is -0.281. The molecule has 0 radical (unpaired) electrons. The van der Waals surface area contributed by atoms with Gasteiger partial charge in [0.2, 0.25) is 0 Å². The summed E-state index contributed by atoms with van der Waals surface area (Å²) in [5, 5.41) is 4.42. The van der Waals surface area contributed by atoms with Crippen molar-refractivity contribution in [1.82, 2.24) is 9.88 Å². The molecule has 156 valence electrons. The summed E-state index contributed by atoms with van der Waals surface area (Å²) >= 11 is 5.93. The fourth-order valence-electron chi connectivity index (χ4n) is 3.67. The van der Waals surface area contributed by atoms with Crippen LogP contribution in [0.5, 0.6) is 0 Å². The van der Waals surface area contributed by atoms with Crippen LogP contribution in [0.4, 0.5) is 10.5 Å². The smallest absolute Gasteiger partial charge is 0.322 e. The van der Waals surface area contributed by atoms with Crippen molar-refractivity contribution in [3.05, 3.63) is 75.0 Å². The zero-order chi connectivity index (χ0) is 21.1. The molecule has 1 aromatic heterocycles. The van der Waals surface area contributed by atoms with Crippen molar-refractivity contribution in [2.45, 2.75) is 32.4 Å². The van der Waals surface area contributed by atoms with E-state index >= 15 is 0 Å². The van der Waals surface area contributed by atoms with Crippen LogP contribution in [-0.2, 0) is 11.3 Å². The maximum Gasteiger partial charge on any atom is 0.322 e. The summed E-state index contributed by atoms with van der Waals surface area (Å²) in [4.78, 5) is 30.3. The largest absolute Gasteiger partial charge is 0.376 e. The minimum absolute atomic E-state index is 0.0249. The van der Waals surface area contributed by atoms with Gasteiger partial charge in [0, 0.05) is 34.9 Å². The number of hydrogen-bond donors (Lipinski definition) is 2. The number of aromatic amines is 1. The second kappa shape index (κ2) is 8.90. The SMILES string of the molecule is Cc1ccc2cc(CN(C[C@@H]3CCCO3)C(=O)Nc3ccc(Cl)cc3)c(=O)[nH]c2c1. The number of aromatic nitrogens is 1. The van der Waals surface area contributed by atoms with Crippen molar-refractivity contribution in [1.29, 1.82) is 0 Å². The van der Waals surface area contributed by atoms with E-state index in [9.17, 15) is 9.59 Å². The van der Waals surface area contributed by atoms with E-state index in [2.05, 4.69) is 10.3 Å². The first-order chi connectivity index (χ1) is 14.5. The Hall–Kier alpha value is -2.83. The highest BCUT2D eigenvalue weighted by Gasteiger charge is 2.24. The number of ether oxygens (including phenoxy) is 1. The number of nitrogens with zero attached hydrogens (tertiary/aromatic N) is 1. The summed E-state index contributed by atoms with van der Waals surface area (Å²) in [5.74, 6) is 0. The van der Waals surface area contributed by atoms with E-state index in [0.29, 0.717) is 29.4 Å². The first-order valence-electron chi connectivity index (χ1n) is 10.0. The maximum absolute atomic E-state index is 13.0. The molecule has 30 heavy (non-hydrogen) atoms. The molecule has 2 N–H and O–H groups in total. The molecule has 0 saturated carbocycles. The van der Waals surface area contributed by atoms with Gasteiger partial charge in [-0.05, 0) is 67.1 Å². The van der Waals surface area contributed by atoms with Crippen molar-refractivity contribution in [2.24, 2.45) is 0 Å². The average molecular weight is 426 g/mol. The fourth-order valence-corrected chi connectivity index (χ4v) is 3.80. The monoisotopic (exact) mass is 425 g/mol. The molecule has 2 aromatic carbocycles. The quantitative estimate of drug-likeness (QED) is 0.622. The Bertz CT molecular complexity index is 1100. The first kappa shape index (κ1) is 20.4. The topological polar surface area (TPSA) is 74.4 Å². The van der Waals surface area contributed by atoms with E-state index in [1.165, 1.54) is 0 Å².